The fourth-order valence-corrected chi connectivity index (χ4v) is 2.39. The average Bonchev–Trinajstić information content (AvgIpc) is 2.83. The maximum Gasteiger partial charge on any atom is 0.148 e. The topological polar surface area (TPSA) is 55.6 Å². The summed E-state index contributed by atoms with van der Waals surface area (Å²) in [6.07, 6.45) is 5.18. The number of nitrogens with one attached hydrogen (secondary N) is 1. The van der Waals surface area contributed by atoms with Gasteiger partial charge in [-0.1, -0.05) is 19.1 Å². The first kappa shape index (κ1) is 13.5. The predicted molar refractivity (Wildman–Crippen MR) is 84.3 cm³/mol. The fourth-order valence-electron chi connectivity index (χ4n) is 2.39. The molecule has 5 nitrogen and oxygen atoms in total. The Kier molecular flexibility index (Phi) is 3.81. The number of benzene rings is 1. The predicted octanol–water partition coefficient (Wildman–Crippen LogP) is 2.78. The van der Waals surface area contributed by atoms with Crippen molar-refractivity contribution in [3.63, 3.8) is 0 Å². The molecule has 0 aliphatic heterocycles. The van der Waals surface area contributed by atoms with Crippen LogP contribution in [-0.2, 0) is 13.5 Å². The molecule has 0 atom stereocenters. The Bertz CT molecular complexity index is 747. The highest BCUT2D eigenvalue weighted by atomic mass is 15.1. The first-order valence-electron chi connectivity index (χ1n) is 7.23. The van der Waals surface area contributed by atoms with Gasteiger partial charge >= 0.3 is 0 Å². The van der Waals surface area contributed by atoms with Crippen molar-refractivity contribution in [1.29, 1.82) is 0 Å². The molecule has 5 heteroatoms. The van der Waals surface area contributed by atoms with Crippen LogP contribution in [0.2, 0.25) is 0 Å². The third-order valence-corrected chi connectivity index (χ3v) is 3.52. The van der Waals surface area contributed by atoms with Crippen LogP contribution in [0.5, 0.6) is 0 Å². The highest BCUT2D eigenvalue weighted by Crippen LogP contribution is 2.18. The maximum absolute atomic E-state index is 4.70. The Balaban J connectivity index is 1.93. The van der Waals surface area contributed by atoms with Crippen LogP contribution in [0, 0.1) is 0 Å². The molecule has 2 aromatic heterocycles. The van der Waals surface area contributed by atoms with Crippen LogP contribution in [-0.4, -0.2) is 26.1 Å². The summed E-state index contributed by atoms with van der Waals surface area (Å²) < 4.78 is 2.12. The molecular weight excluding hydrogens is 262 g/mol. The van der Waals surface area contributed by atoms with E-state index in [1.165, 1.54) is 0 Å². The molecule has 0 saturated carbocycles. The van der Waals surface area contributed by atoms with Crippen molar-refractivity contribution >= 4 is 16.9 Å². The maximum atomic E-state index is 4.70. The summed E-state index contributed by atoms with van der Waals surface area (Å²) >= 11 is 0. The fraction of sp³-hybridized carbons (Fsp3) is 0.312. The number of imidazole rings is 1. The highest BCUT2D eigenvalue weighted by molar-refractivity contribution is 5.75. The first-order chi connectivity index (χ1) is 10.3. The Morgan fingerprint density at radius 2 is 1.95 bits per heavy atom. The molecule has 3 aromatic rings. The summed E-state index contributed by atoms with van der Waals surface area (Å²) in [4.78, 5) is 13.5. The van der Waals surface area contributed by atoms with Crippen molar-refractivity contribution < 1.29 is 0 Å². The van der Waals surface area contributed by atoms with Crippen LogP contribution < -0.4 is 5.32 Å². The smallest absolute Gasteiger partial charge is 0.148 e. The Hall–Kier alpha value is -2.43. The van der Waals surface area contributed by atoms with E-state index in [9.17, 15) is 0 Å². The van der Waals surface area contributed by atoms with Crippen molar-refractivity contribution in [2.24, 2.45) is 7.05 Å². The second kappa shape index (κ2) is 5.91. The van der Waals surface area contributed by atoms with Crippen molar-refractivity contribution in [1.82, 2.24) is 19.5 Å². The van der Waals surface area contributed by atoms with Gasteiger partial charge in [0.2, 0.25) is 0 Å². The van der Waals surface area contributed by atoms with Gasteiger partial charge in [-0.15, -0.1) is 0 Å². The third kappa shape index (κ3) is 2.72. The molecule has 0 aliphatic carbocycles. The molecule has 0 saturated heterocycles. The van der Waals surface area contributed by atoms with Crippen LogP contribution >= 0.6 is 0 Å². The normalized spacial score (nSPS) is 11.0. The summed E-state index contributed by atoms with van der Waals surface area (Å²) in [5.74, 6) is 1.85. The largest absolute Gasteiger partial charge is 0.369 e. The summed E-state index contributed by atoms with van der Waals surface area (Å²) in [5, 5.41) is 3.33. The van der Waals surface area contributed by atoms with Crippen molar-refractivity contribution in [3.8, 4) is 0 Å². The SMILES string of the molecule is CCCNc1nccnc1Cc1nc2ccccc2n1C. The Labute approximate surface area is 124 Å². The number of aromatic nitrogens is 4. The third-order valence-electron chi connectivity index (χ3n) is 3.52. The van der Waals surface area contributed by atoms with E-state index in [1.807, 2.05) is 25.2 Å². The lowest BCUT2D eigenvalue weighted by atomic mass is 10.2. The lowest BCUT2D eigenvalue weighted by Gasteiger charge is -2.09. The number of anilines is 1. The molecule has 0 radical (unpaired) electrons. The van der Waals surface area contributed by atoms with Gasteiger partial charge in [0.15, 0.2) is 0 Å². The van der Waals surface area contributed by atoms with Gasteiger partial charge in [0.1, 0.15) is 11.6 Å². The molecule has 0 amide bonds. The highest BCUT2D eigenvalue weighted by Gasteiger charge is 2.11. The van der Waals surface area contributed by atoms with Gasteiger partial charge in [-0.3, -0.25) is 4.98 Å². The number of aryl methyl sites for hydroxylation is 1. The second-order valence-electron chi connectivity index (χ2n) is 5.03. The lowest BCUT2D eigenvalue weighted by Crippen LogP contribution is -2.09. The molecule has 0 spiro atoms. The standard InChI is InChI=1S/C16H19N5/c1-3-8-18-16-13(17-9-10-19-16)11-15-20-12-6-4-5-7-14(12)21(15)2/h4-7,9-10H,3,8,11H2,1-2H3,(H,18,19). The molecule has 0 fully saturated rings. The van der Waals surface area contributed by atoms with Gasteiger partial charge in [-0.2, -0.15) is 0 Å². The van der Waals surface area contributed by atoms with E-state index in [-0.39, 0.29) is 0 Å². The zero-order valence-corrected chi connectivity index (χ0v) is 12.4. The van der Waals surface area contributed by atoms with Gasteiger partial charge in [0.05, 0.1) is 23.1 Å². The van der Waals surface area contributed by atoms with Crippen molar-refractivity contribution in [2.45, 2.75) is 19.8 Å². The molecule has 108 valence electrons. The van der Waals surface area contributed by atoms with E-state index in [2.05, 4.69) is 32.8 Å². The van der Waals surface area contributed by atoms with E-state index in [0.717, 1.165) is 41.3 Å². The molecule has 0 unspecified atom stereocenters. The molecule has 3 rings (SSSR count). The lowest BCUT2D eigenvalue weighted by molar-refractivity contribution is 0.826. The zero-order valence-electron chi connectivity index (χ0n) is 12.4. The molecule has 0 bridgehead atoms. The number of rotatable bonds is 5. The molecule has 21 heavy (non-hydrogen) atoms. The van der Waals surface area contributed by atoms with Gasteiger partial charge in [-0.25, -0.2) is 9.97 Å². The summed E-state index contributed by atoms with van der Waals surface area (Å²) in [7, 11) is 2.04. The molecule has 1 aromatic carbocycles. The molecule has 2 heterocycles. The number of para-hydroxylation sites is 2. The zero-order chi connectivity index (χ0) is 14.7. The van der Waals surface area contributed by atoms with Crippen LogP contribution in [0.4, 0.5) is 5.82 Å². The summed E-state index contributed by atoms with van der Waals surface area (Å²) in [6.45, 7) is 3.03. The van der Waals surface area contributed by atoms with Crippen LogP contribution in [0.25, 0.3) is 11.0 Å². The summed E-state index contributed by atoms with van der Waals surface area (Å²) in [5.41, 5.74) is 3.09. The number of hydrogen-bond acceptors (Lipinski definition) is 4. The van der Waals surface area contributed by atoms with Crippen molar-refractivity contribution in [3.05, 3.63) is 48.2 Å². The van der Waals surface area contributed by atoms with Gasteiger partial charge in [0.25, 0.3) is 0 Å². The van der Waals surface area contributed by atoms with E-state index in [0.29, 0.717) is 6.42 Å². The van der Waals surface area contributed by atoms with Gasteiger partial charge < -0.3 is 9.88 Å². The molecule has 0 aliphatic rings. The van der Waals surface area contributed by atoms with E-state index in [4.69, 9.17) is 4.98 Å². The molecule has 1 N–H and O–H groups in total. The van der Waals surface area contributed by atoms with Crippen LogP contribution in [0.3, 0.4) is 0 Å². The number of hydrogen-bond donors (Lipinski definition) is 1. The first-order valence-corrected chi connectivity index (χ1v) is 7.23. The monoisotopic (exact) mass is 281 g/mol. The Morgan fingerprint density at radius 1 is 1.14 bits per heavy atom. The van der Waals surface area contributed by atoms with E-state index < -0.39 is 0 Å². The minimum absolute atomic E-state index is 0.672. The quantitative estimate of drug-likeness (QED) is 0.781. The number of nitrogens with zero attached hydrogens (tertiary/aromatic N) is 4. The molecular formula is C16H19N5. The van der Waals surface area contributed by atoms with Gasteiger partial charge in [0, 0.05) is 26.0 Å². The van der Waals surface area contributed by atoms with Crippen LogP contribution in [0.15, 0.2) is 36.7 Å². The van der Waals surface area contributed by atoms with E-state index in [1.54, 1.807) is 12.4 Å². The van der Waals surface area contributed by atoms with Crippen LogP contribution in [0.1, 0.15) is 24.9 Å². The van der Waals surface area contributed by atoms with Gasteiger partial charge in [-0.05, 0) is 18.6 Å². The second-order valence-corrected chi connectivity index (χ2v) is 5.03. The van der Waals surface area contributed by atoms with E-state index >= 15 is 0 Å². The minimum atomic E-state index is 0.672. The summed E-state index contributed by atoms with van der Waals surface area (Å²) in [6, 6.07) is 8.16. The Morgan fingerprint density at radius 3 is 2.76 bits per heavy atom. The number of fused-ring (bicyclic) bond motifs is 1. The van der Waals surface area contributed by atoms with Crippen molar-refractivity contribution in [2.75, 3.05) is 11.9 Å². The average molecular weight is 281 g/mol. The minimum Gasteiger partial charge on any atom is -0.369 e.